The fraction of sp³-hybridized carbons (Fsp3) is 0.462. The van der Waals surface area contributed by atoms with Gasteiger partial charge in [0.1, 0.15) is 0 Å². The molecule has 1 aliphatic heterocycles. The standard InChI is InChI=1S/C13H14F3NO2/c1-9-4-5-11-10(7-9)3-2-6-17(11)12(18)19-8-13(14,15)16/h4-5,7H,2-3,6,8H2,1H3. The lowest BCUT2D eigenvalue weighted by atomic mass is 10.00. The lowest BCUT2D eigenvalue weighted by Crippen LogP contribution is -2.37. The summed E-state index contributed by atoms with van der Waals surface area (Å²) in [5.41, 5.74) is 2.67. The molecule has 0 aliphatic carbocycles. The van der Waals surface area contributed by atoms with Crippen LogP contribution in [0.3, 0.4) is 0 Å². The molecule has 1 aromatic carbocycles. The maximum atomic E-state index is 12.0. The molecule has 0 aromatic heterocycles. The zero-order chi connectivity index (χ0) is 14.0. The van der Waals surface area contributed by atoms with Crippen LogP contribution in [-0.2, 0) is 11.2 Å². The molecule has 0 radical (unpaired) electrons. The van der Waals surface area contributed by atoms with Crippen LogP contribution in [0.1, 0.15) is 17.5 Å². The monoisotopic (exact) mass is 273 g/mol. The highest BCUT2D eigenvalue weighted by Gasteiger charge is 2.32. The quantitative estimate of drug-likeness (QED) is 0.784. The number of benzene rings is 1. The Morgan fingerprint density at radius 2 is 2.16 bits per heavy atom. The summed E-state index contributed by atoms with van der Waals surface area (Å²) in [4.78, 5) is 13.0. The number of nitrogens with zero attached hydrogens (tertiary/aromatic N) is 1. The largest absolute Gasteiger partial charge is 0.439 e. The molecule has 0 fully saturated rings. The molecule has 104 valence electrons. The second-order valence-electron chi connectivity index (χ2n) is 4.56. The van der Waals surface area contributed by atoms with E-state index in [2.05, 4.69) is 4.74 Å². The predicted molar refractivity (Wildman–Crippen MR) is 64.2 cm³/mol. The second-order valence-corrected chi connectivity index (χ2v) is 4.56. The molecule has 2 rings (SSSR count). The van der Waals surface area contributed by atoms with Crippen molar-refractivity contribution in [1.29, 1.82) is 0 Å². The van der Waals surface area contributed by atoms with Crippen LogP contribution in [0.4, 0.5) is 23.7 Å². The number of amides is 1. The average Bonchev–Trinajstić information content (AvgIpc) is 2.34. The summed E-state index contributed by atoms with van der Waals surface area (Å²) < 4.78 is 40.4. The number of halogens is 3. The van der Waals surface area contributed by atoms with Crippen LogP contribution in [-0.4, -0.2) is 25.4 Å². The summed E-state index contributed by atoms with van der Waals surface area (Å²) >= 11 is 0. The van der Waals surface area contributed by atoms with E-state index >= 15 is 0 Å². The van der Waals surface area contributed by atoms with Crippen molar-refractivity contribution < 1.29 is 22.7 Å². The molecule has 0 bridgehead atoms. The molecule has 0 spiro atoms. The van der Waals surface area contributed by atoms with Gasteiger partial charge in [-0.25, -0.2) is 4.79 Å². The summed E-state index contributed by atoms with van der Waals surface area (Å²) in [6, 6.07) is 5.52. The molecule has 0 saturated carbocycles. The second kappa shape index (κ2) is 5.11. The molecule has 3 nitrogen and oxygen atoms in total. The zero-order valence-corrected chi connectivity index (χ0v) is 10.5. The highest BCUT2D eigenvalue weighted by Crippen LogP contribution is 2.28. The molecule has 0 saturated heterocycles. The van der Waals surface area contributed by atoms with Gasteiger partial charge in [0.25, 0.3) is 0 Å². The average molecular weight is 273 g/mol. The predicted octanol–water partition coefficient (Wildman–Crippen LogP) is 3.45. The fourth-order valence-corrected chi connectivity index (χ4v) is 2.14. The summed E-state index contributed by atoms with van der Waals surface area (Å²) in [7, 11) is 0. The van der Waals surface area contributed by atoms with Crippen LogP contribution in [0, 0.1) is 6.92 Å². The Morgan fingerprint density at radius 1 is 1.42 bits per heavy atom. The lowest BCUT2D eigenvalue weighted by molar-refractivity contribution is -0.159. The van der Waals surface area contributed by atoms with Gasteiger partial charge in [0.15, 0.2) is 6.61 Å². The maximum absolute atomic E-state index is 12.0. The van der Waals surface area contributed by atoms with Crippen molar-refractivity contribution in [3.63, 3.8) is 0 Å². The molecule has 6 heteroatoms. The Morgan fingerprint density at radius 3 is 2.84 bits per heavy atom. The van der Waals surface area contributed by atoms with Gasteiger partial charge < -0.3 is 4.74 Å². The first-order valence-electron chi connectivity index (χ1n) is 5.97. The number of carbonyl (C=O) groups is 1. The third-order valence-corrected chi connectivity index (χ3v) is 2.93. The van der Waals surface area contributed by atoms with Crippen molar-refractivity contribution >= 4 is 11.8 Å². The molecule has 19 heavy (non-hydrogen) atoms. The highest BCUT2D eigenvalue weighted by molar-refractivity contribution is 5.89. The van der Waals surface area contributed by atoms with Gasteiger partial charge in [-0.05, 0) is 31.4 Å². The Balaban J connectivity index is 2.13. The van der Waals surface area contributed by atoms with Crippen molar-refractivity contribution in [3.8, 4) is 0 Å². The Hall–Kier alpha value is -1.72. The van der Waals surface area contributed by atoms with Gasteiger partial charge in [0.05, 0.1) is 5.69 Å². The first kappa shape index (κ1) is 13.7. The smallest absolute Gasteiger partial charge is 0.422 e. The minimum absolute atomic E-state index is 0.382. The van der Waals surface area contributed by atoms with Crippen LogP contribution >= 0.6 is 0 Å². The number of hydrogen-bond donors (Lipinski definition) is 0. The highest BCUT2D eigenvalue weighted by atomic mass is 19.4. The van der Waals surface area contributed by atoms with E-state index in [1.807, 2.05) is 19.1 Å². The van der Waals surface area contributed by atoms with Crippen molar-refractivity contribution in [3.05, 3.63) is 29.3 Å². The van der Waals surface area contributed by atoms with E-state index in [1.54, 1.807) is 6.07 Å². The van der Waals surface area contributed by atoms with E-state index in [4.69, 9.17) is 0 Å². The number of aryl methyl sites for hydroxylation is 2. The van der Waals surface area contributed by atoms with E-state index in [1.165, 1.54) is 4.90 Å². The number of carbonyl (C=O) groups excluding carboxylic acids is 1. The fourth-order valence-electron chi connectivity index (χ4n) is 2.14. The Labute approximate surface area is 109 Å². The Bertz CT molecular complexity index is 485. The minimum Gasteiger partial charge on any atom is -0.439 e. The van der Waals surface area contributed by atoms with E-state index in [0.29, 0.717) is 12.2 Å². The number of alkyl halides is 3. The summed E-state index contributed by atoms with van der Waals surface area (Å²) in [5.74, 6) is 0. The minimum atomic E-state index is -4.50. The molecular weight excluding hydrogens is 259 g/mol. The van der Waals surface area contributed by atoms with Gasteiger partial charge in [0.2, 0.25) is 0 Å². The lowest BCUT2D eigenvalue weighted by Gasteiger charge is -2.29. The number of rotatable bonds is 1. The third kappa shape index (κ3) is 3.39. The molecule has 1 aromatic rings. The Kier molecular flexibility index (Phi) is 3.68. The number of anilines is 1. The van der Waals surface area contributed by atoms with Gasteiger partial charge in [-0.3, -0.25) is 4.90 Å². The zero-order valence-electron chi connectivity index (χ0n) is 10.5. The summed E-state index contributed by atoms with van der Waals surface area (Å²) in [6.07, 6.45) is -3.90. The number of fused-ring (bicyclic) bond motifs is 1. The van der Waals surface area contributed by atoms with Crippen molar-refractivity contribution in [2.24, 2.45) is 0 Å². The molecule has 0 atom stereocenters. The third-order valence-electron chi connectivity index (χ3n) is 2.93. The van der Waals surface area contributed by atoms with Gasteiger partial charge in [-0.15, -0.1) is 0 Å². The van der Waals surface area contributed by atoms with Crippen LogP contribution in [0.2, 0.25) is 0 Å². The molecule has 1 aliphatic rings. The van der Waals surface area contributed by atoms with Crippen LogP contribution < -0.4 is 4.90 Å². The first-order chi connectivity index (χ1) is 8.87. The molecule has 1 amide bonds. The van der Waals surface area contributed by atoms with E-state index in [0.717, 1.165) is 24.0 Å². The van der Waals surface area contributed by atoms with E-state index < -0.39 is 18.9 Å². The van der Waals surface area contributed by atoms with Crippen LogP contribution in [0.15, 0.2) is 18.2 Å². The number of hydrogen-bond acceptors (Lipinski definition) is 2. The first-order valence-corrected chi connectivity index (χ1v) is 5.97. The normalized spacial score (nSPS) is 15.1. The van der Waals surface area contributed by atoms with Gasteiger partial charge in [0, 0.05) is 6.54 Å². The topological polar surface area (TPSA) is 29.5 Å². The number of ether oxygens (including phenoxy) is 1. The molecule has 0 N–H and O–H groups in total. The van der Waals surface area contributed by atoms with Crippen molar-refractivity contribution in [2.45, 2.75) is 25.9 Å². The van der Waals surface area contributed by atoms with E-state index in [9.17, 15) is 18.0 Å². The van der Waals surface area contributed by atoms with Crippen molar-refractivity contribution in [2.75, 3.05) is 18.1 Å². The van der Waals surface area contributed by atoms with Crippen LogP contribution in [0.25, 0.3) is 0 Å². The summed E-state index contributed by atoms with van der Waals surface area (Å²) in [5, 5.41) is 0. The van der Waals surface area contributed by atoms with Gasteiger partial charge >= 0.3 is 12.3 Å². The molecule has 0 unspecified atom stereocenters. The van der Waals surface area contributed by atoms with E-state index in [-0.39, 0.29) is 0 Å². The molecule has 1 heterocycles. The van der Waals surface area contributed by atoms with Gasteiger partial charge in [-0.1, -0.05) is 17.7 Å². The summed E-state index contributed by atoms with van der Waals surface area (Å²) in [6.45, 7) is 0.761. The maximum Gasteiger partial charge on any atom is 0.422 e. The molecular formula is C13H14F3NO2. The van der Waals surface area contributed by atoms with Gasteiger partial charge in [-0.2, -0.15) is 13.2 Å². The van der Waals surface area contributed by atoms with Crippen LogP contribution in [0.5, 0.6) is 0 Å². The SMILES string of the molecule is Cc1ccc2c(c1)CCCN2C(=O)OCC(F)(F)F. The van der Waals surface area contributed by atoms with Crippen molar-refractivity contribution in [1.82, 2.24) is 0 Å².